The number of thiophene rings is 1. The van der Waals surface area contributed by atoms with Gasteiger partial charge in [-0.2, -0.15) is 0 Å². The molecular formula is C20H23N3O3S2. The SMILES string of the molecule is Cc1ccc(C(C)C)c(OCC(=O)NNC(=S)NC(=O)C=Cc2cccs2)c1. The number of hydrogen-bond donors (Lipinski definition) is 3. The molecule has 0 aliphatic rings. The predicted molar refractivity (Wildman–Crippen MR) is 116 cm³/mol. The van der Waals surface area contributed by atoms with Crippen molar-refractivity contribution in [1.29, 1.82) is 0 Å². The third-order valence-corrected chi connectivity index (χ3v) is 4.69. The van der Waals surface area contributed by atoms with Gasteiger partial charge in [0.1, 0.15) is 5.75 Å². The van der Waals surface area contributed by atoms with Gasteiger partial charge in [-0.3, -0.25) is 25.8 Å². The molecule has 0 spiro atoms. The van der Waals surface area contributed by atoms with Crippen LogP contribution in [0.25, 0.3) is 6.08 Å². The molecule has 0 aliphatic carbocycles. The van der Waals surface area contributed by atoms with E-state index in [0.717, 1.165) is 16.0 Å². The van der Waals surface area contributed by atoms with Gasteiger partial charge in [-0.25, -0.2) is 0 Å². The molecule has 2 amide bonds. The molecule has 0 fully saturated rings. The van der Waals surface area contributed by atoms with E-state index in [1.54, 1.807) is 6.08 Å². The minimum absolute atomic E-state index is 0.00685. The number of rotatable bonds is 6. The van der Waals surface area contributed by atoms with E-state index in [2.05, 4.69) is 30.0 Å². The number of ether oxygens (including phenoxy) is 1. The van der Waals surface area contributed by atoms with Crippen LogP contribution in [0.5, 0.6) is 5.75 Å². The number of aryl methyl sites for hydroxylation is 1. The Labute approximate surface area is 174 Å². The highest BCUT2D eigenvalue weighted by molar-refractivity contribution is 7.80. The van der Waals surface area contributed by atoms with Crippen molar-refractivity contribution in [2.75, 3.05) is 6.61 Å². The van der Waals surface area contributed by atoms with Crippen LogP contribution in [0.15, 0.2) is 41.8 Å². The third kappa shape index (κ3) is 7.13. The second-order valence-electron chi connectivity index (χ2n) is 6.32. The largest absolute Gasteiger partial charge is 0.483 e. The molecule has 2 rings (SSSR count). The van der Waals surface area contributed by atoms with Crippen LogP contribution in [0.3, 0.4) is 0 Å². The lowest BCUT2D eigenvalue weighted by Gasteiger charge is -2.15. The lowest BCUT2D eigenvalue weighted by molar-refractivity contribution is -0.123. The maximum Gasteiger partial charge on any atom is 0.276 e. The molecule has 0 radical (unpaired) electrons. The van der Waals surface area contributed by atoms with Gasteiger partial charge < -0.3 is 4.74 Å². The lowest BCUT2D eigenvalue weighted by atomic mass is 10.0. The van der Waals surface area contributed by atoms with Crippen LogP contribution in [0.1, 0.15) is 35.8 Å². The van der Waals surface area contributed by atoms with Crippen LogP contribution < -0.4 is 20.9 Å². The Kier molecular flexibility index (Phi) is 8.16. The van der Waals surface area contributed by atoms with E-state index < -0.39 is 11.8 Å². The molecule has 0 atom stereocenters. The van der Waals surface area contributed by atoms with Crippen LogP contribution in [0.4, 0.5) is 0 Å². The number of nitrogens with one attached hydrogen (secondary N) is 3. The number of amides is 2. The summed E-state index contributed by atoms with van der Waals surface area (Å²) in [5, 5.41) is 4.36. The highest BCUT2D eigenvalue weighted by atomic mass is 32.1. The maximum absolute atomic E-state index is 12.0. The Hall–Kier alpha value is -2.71. The van der Waals surface area contributed by atoms with E-state index in [1.165, 1.54) is 17.4 Å². The molecule has 28 heavy (non-hydrogen) atoms. The summed E-state index contributed by atoms with van der Waals surface area (Å²) < 4.78 is 5.64. The summed E-state index contributed by atoms with van der Waals surface area (Å²) >= 11 is 6.50. The van der Waals surface area contributed by atoms with Gasteiger partial charge in [-0.05, 0) is 59.8 Å². The summed E-state index contributed by atoms with van der Waals surface area (Å²) in [7, 11) is 0. The fraction of sp³-hybridized carbons (Fsp3) is 0.250. The van der Waals surface area contributed by atoms with E-state index in [-0.39, 0.29) is 17.6 Å². The van der Waals surface area contributed by atoms with Crippen LogP contribution in [-0.4, -0.2) is 23.5 Å². The fourth-order valence-corrected chi connectivity index (χ4v) is 3.05. The van der Waals surface area contributed by atoms with Gasteiger partial charge in [0.05, 0.1) is 0 Å². The van der Waals surface area contributed by atoms with Crippen molar-refractivity contribution in [2.45, 2.75) is 26.7 Å². The molecule has 1 aromatic carbocycles. The van der Waals surface area contributed by atoms with Gasteiger partial charge >= 0.3 is 0 Å². The normalized spacial score (nSPS) is 10.7. The van der Waals surface area contributed by atoms with Gasteiger partial charge in [0.25, 0.3) is 5.91 Å². The molecule has 8 heteroatoms. The first-order chi connectivity index (χ1) is 13.3. The van der Waals surface area contributed by atoms with Gasteiger partial charge in [0.15, 0.2) is 11.7 Å². The van der Waals surface area contributed by atoms with E-state index in [4.69, 9.17) is 17.0 Å². The minimum atomic E-state index is -0.415. The summed E-state index contributed by atoms with van der Waals surface area (Å²) in [5.41, 5.74) is 6.97. The number of carbonyl (C=O) groups is 2. The molecule has 6 nitrogen and oxygen atoms in total. The van der Waals surface area contributed by atoms with Crippen molar-refractivity contribution in [3.8, 4) is 5.75 Å². The summed E-state index contributed by atoms with van der Waals surface area (Å²) in [6.45, 7) is 5.91. The monoisotopic (exact) mass is 417 g/mol. The summed E-state index contributed by atoms with van der Waals surface area (Å²) in [4.78, 5) is 24.7. The number of thiocarbonyl (C=S) groups is 1. The van der Waals surface area contributed by atoms with E-state index in [9.17, 15) is 9.59 Å². The third-order valence-electron chi connectivity index (χ3n) is 3.64. The standard InChI is InChI=1S/C20H23N3O3S2/c1-13(2)16-8-6-14(3)11-17(16)26-12-19(25)22-23-20(27)21-18(24)9-7-15-5-4-10-28-15/h4-11,13H,12H2,1-3H3,(H,22,25)(H2,21,23,24,27). The zero-order chi connectivity index (χ0) is 20.5. The van der Waals surface area contributed by atoms with Crippen LogP contribution in [-0.2, 0) is 9.59 Å². The molecule has 1 aromatic heterocycles. The highest BCUT2D eigenvalue weighted by Crippen LogP contribution is 2.27. The highest BCUT2D eigenvalue weighted by Gasteiger charge is 2.10. The molecule has 148 valence electrons. The first kappa shape index (κ1) is 21.6. The van der Waals surface area contributed by atoms with Gasteiger partial charge in [0, 0.05) is 11.0 Å². The Morgan fingerprint density at radius 1 is 1.25 bits per heavy atom. The molecule has 0 saturated heterocycles. The minimum Gasteiger partial charge on any atom is -0.483 e. The zero-order valence-corrected chi connectivity index (χ0v) is 17.6. The van der Waals surface area contributed by atoms with E-state index >= 15 is 0 Å². The van der Waals surface area contributed by atoms with Crippen molar-refractivity contribution >= 4 is 46.6 Å². The molecule has 1 heterocycles. The van der Waals surface area contributed by atoms with Crippen molar-refractivity contribution in [3.63, 3.8) is 0 Å². The van der Waals surface area contributed by atoms with Gasteiger partial charge in [0.2, 0.25) is 5.91 Å². The molecular weight excluding hydrogens is 394 g/mol. The molecule has 0 aliphatic heterocycles. The molecule has 3 N–H and O–H groups in total. The molecule has 0 bridgehead atoms. The first-order valence-corrected chi connectivity index (χ1v) is 9.98. The number of hydrogen-bond acceptors (Lipinski definition) is 5. The average molecular weight is 418 g/mol. The van der Waals surface area contributed by atoms with Gasteiger partial charge in [-0.1, -0.05) is 32.0 Å². The van der Waals surface area contributed by atoms with Crippen LogP contribution in [0.2, 0.25) is 0 Å². The van der Waals surface area contributed by atoms with Gasteiger partial charge in [-0.15, -0.1) is 11.3 Å². The van der Waals surface area contributed by atoms with Crippen molar-refractivity contribution in [2.24, 2.45) is 0 Å². The Balaban J connectivity index is 1.75. The smallest absolute Gasteiger partial charge is 0.276 e. The fourth-order valence-electron chi connectivity index (χ4n) is 2.28. The quantitative estimate of drug-likeness (QED) is 0.382. The molecule has 2 aromatic rings. The van der Waals surface area contributed by atoms with E-state index in [0.29, 0.717) is 5.75 Å². The summed E-state index contributed by atoms with van der Waals surface area (Å²) in [5.74, 6) is 0.154. The Bertz CT molecular complexity index is 862. The summed E-state index contributed by atoms with van der Waals surface area (Å²) in [6.07, 6.45) is 3.05. The first-order valence-electron chi connectivity index (χ1n) is 8.70. The van der Waals surface area contributed by atoms with Crippen molar-refractivity contribution in [3.05, 3.63) is 57.8 Å². The van der Waals surface area contributed by atoms with E-state index in [1.807, 2.05) is 42.6 Å². The topological polar surface area (TPSA) is 79.5 Å². The molecule has 0 saturated carbocycles. The zero-order valence-electron chi connectivity index (χ0n) is 15.9. The second kappa shape index (κ2) is 10.6. The van der Waals surface area contributed by atoms with Crippen LogP contribution >= 0.6 is 23.6 Å². The number of hydrazine groups is 1. The Morgan fingerprint density at radius 3 is 2.71 bits per heavy atom. The van der Waals surface area contributed by atoms with Crippen molar-refractivity contribution < 1.29 is 14.3 Å². The predicted octanol–water partition coefficient (Wildman–Crippen LogP) is 3.29. The summed E-state index contributed by atoms with van der Waals surface area (Å²) in [6, 6.07) is 9.70. The van der Waals surface area contributed by atoms with Crippen LogP contribution in [0, 0.1) is 6.92 Å². The number of carbonyl (C=O) groups excluding carboxylic acids is 2. The second-order valence-corrected chi connectivity index (χ2v) is 7.71. The Morgan fingerprint density at radius 2 is 2.04 bits per heavy atom. The average Bonchev–Trinajstić information content (AvgIpc) is 3.16. The number of benzene rings is 1. The van der Waals surface area contributed by atoms with Crippen molar-refractivity contribution in [1.82, 2.24) is 16.2 Å². The maximum atomic E-state index is 12.0. The lowest BCUT2D eigenvalue weighted by Crippen LogP contribution is -2.49. The molecule has 0 unspecified atom stereocenters.